The second-order valence-electron chi connectivity index (χ2n) is 10.4. The first kappa shape index (κ1) is 30.7. The Labute approximate surface area is 232 Å². The van der Waals surface area contributed by atoms with Gasteiger partial charge < -0.3 is 10.2 Å². The van der Waals surface area contributed by atoms with Crippen molar-refractivity contribution in [3.63, 3.8) is 0 Å². The van der Waals surface area contributed by atoms with Crippen LogP contribution in [-0.2, 0) is 32.6 Å². The summed E-state index contributed by atoms with van der Waals surface area (Å²) in [6.07, 6.45) is 0.865. The van der Waals surface area contributed by atoms with Gasteiger partial charge in [-0.2, -0.15) is 0 Å². The Balaban J connectivity index is 2.10. The van der Waals surface area contributed by atoms with Crippen LogP contribution in [0.3, 0.4) is 0 Å². The van der Waals surface area contributed by atoms with Crippen molar-refractivity contribution in [2.24, 2.45) is 0 Å². The Bertz CT molecular complexity index is 1460. The van der Waals surface area contributed by atoms with Gasteiger partial charge in [-0.1, -0.05) is 48.5 Å². The number of carbonyl (C=O) groups excluding carboxylic acids is 2. The lowest BCUT2D eigenvalue weighted by Gasteiger charge is -2.35. The maximum atomic E-state index is 14.8. The van der Waals surface area contributed by atoms with Gasteiger partial charge in [0.2, 0.25) is 21.8 Å². The third kappa shape index (κ3) is 8.32. The Morgan fingerprint density at radius 2 is 1.50 bits per heavy atom. The van der Waals surface area contributed by atoms with Gasteiger partial charge >= 0.3 is 0 Å². The van der Waals surface area contributed by atoms with E-state index in [4.69, 9.17) is 0 Å². The largest absolute Gasteiger partial charge is 0.350 e. The summed E-state index contributed by atoms with van der Waals surface area (Å²) in [5, 5.41) is 2.85. The van der Waals surface area contributed by atoms with Crippen LogP contribution in [0.25, 0.3) is 0 Å². The molecular weight excluding hydrogens is 543 g/mol. The first-order chi connectivity index (χ1) is 18.7. The van der Waals surface area contributed by atoms with Crippen LogP contribution in [-0.4, -0.2) is 49.5 Å². The summed E-state index contributed by atoms with van der Waals surface area (Å²) in [6, 6.07) is 15.9. The summed E-state index contributed by atoms with van der Waals surface area (Å²) in [7, 11) is -4.17. The number of benzene rings is 3. The summed E-state index contributed by atoms with van der Waals surface area (Å²) in [5.74, 6) is -4.47. The third-order valence-electron chi connectivity index (χ3n) is 5.94. The molecule has 0 aliphatic carbocycles. The first-order valence-electron chi connectivity index (χ1n) is 12.5. The maximum absolute atomic E-state index is 14.8. The Morgan fingerprint density at radius 3 is 2.08 bits per heavy atom. The second kappa shape index (κ2) is 12.5. The highest BCUT2D eigenvalue weighted by atomic mass is 32.2. The standard InChI is InChI=1S/C29H32F3N3O4S/c1-29(2,3)33-28(37)26(16-20-10-6-5-7-11-20)34(18-21-12-8-9-13-23(21)30)27(36)19-35(40(4,38)39)22-14-15-24(31)25(32)17-22/h5-15,17,26H,16,18-19H2,1-4H3,(H,33,37)/t26-/m0/s1. The molecule has 0 aromatic heterocycles. The first-order valence-corrected chi connectivity index (χ1v) is 14.3. The molecule has 0 aliphatic heterocycles. The van der Waals surface area contributed by atoms with E-state index in [0.29, 0.717) is 15.9 Å². The van der Waals surface area contributed by atoms with Gasteiger partial charge in [-0.15, -0.1) is 0 Å². The summed E-state index contributed by atoms with van der Waals surface area (Å²) < 4.78 is 68.3. The highest BCUT2D eigenvalue weighted by molar-refractivity contribution is 7.92. The quantitative estimate of drug-likeness (QED) is 0.388. The fraction of sp³-hybridized carbons (Fsp3) is 0.310. The van der Waals surface area contributed by atoms with Gasteiger partial charge in [0.1, 0.15) is 18.4 Å². The van der Waals surface area contributed by atoms with Crippen molar-refractivity contribution < 1.29 is 31.2 Å². The third-order valence-corrected chi connectivity index (χ3v) is 7.08. The summed E-state index contributed by atoms with van der Waals surface area (Å²) in [6.45, 7) is 4.11. The molecule has 0 saturated heterocycles. The Kier molecular flexibility index (Phi) is 9.62. The molecule has 214 valence electrons. The number of hydrogen-bond acceptors (Lipinski definition) is 4. The lowest BCUT2D eigenvalue weighted by atomic mass is 10.0. The van der Waals surface area contributed by atoms with Crippen LogP contribution in [0.2, 0.25) is 0 Å². The lowest BCUT2D eigenvalue weighted by molar-refractivity contribution is -0.140. The number of halogens is 3. The van der Waals surface area contributed by atoms with Crippen molar-refractivity contribution in [2.75, 3.05) is 17.1 Å². The van der Waals surface area contributed by atoms with Gasteiger partial charge in [0.15, 0.2) is 11.6 Å². The van der Waals surface area contributed by atoms with Crippen LogP contribution in [0.1, 0.15) is 31.9 Å². The molecule has 0 fully saturated rings. The summed E-state index contributed by atoms with van der Waals surface area (Å²) >= 11 is 0. The smallest absolute Gasteiger partial charge is 0.244 e. The Hall–Kier alpha value is -3.86. The van der Waals surface area contributed by atoms with E-state index in [0.717, 1.165) is 23.3 Å². The maximum Gasteiger partial charge on any atom is 0.244 e. The van der Waals surface area contributed by atoms with Crippen molar-refractivity contribution in [3.8, 4) is 0 Å². The van der Waals surface area contributed by atoms with Crippen molar-refractivity contribution in [1.29, 1.82) is 0 Å². The highest BCUT2D eigenvalue weighted by Crippen LogP contribution is 2.23. The SMILES string of the molecule is CC(C)(C)NC(=O)[C@H](Cc1ccccc1)N(Cc1ccccc1F)C(=O)CN(c1ccc(F)c(F)c1)S(C)(=O)=O. The van der Waals surface area contributed by atoms with Crippen LogP contribution in [0.15, 0.2) is 72.8 Å². The molecule has 2 amide bonds. The van der Waals surface area contributed by atoms with E-state index in [2.05, 4.69) is 5.32 Å². The van der Waals surface area contributed by atoms with Crippen LogP contribution >= 0.6 is 0 Å². The molecule has 3 aromatic rings. The number of carbonyl (C=O) groups is 2. The van der Waals surface area contributed by atoms with Crippen molar-refractivity contribution in [3.05, 3.63) is 101 Å². The zero-order chi connectivity index (χ0) is 29.7. The van der Waals surface area contributed by atoms with E-state index in [1.165, 1.54) is 18.2 Å². The van der Waals surface area contributed by atoms with E-state index in [1.54, 1.807) is 57.2 Å². The lowest BCUT2D eigenvalue weighted by Crippen LogP contribution is -2.56. The summed E-state index contributed by atoms with van der Waals surface area (Å²) in [4.78, 5) is 28.6. The molecule has 0 unspecified atom stereocenters. The minimum absolute atomic E-state index is 0.0486. The second-order valence-corrected chi connectivity index (χ2v) is 12.3. The molecule has 1 atom stereocenters. The van der Waals surface area contributed by atoms with Gasteiger partial charge in [0, 0.05) is 30.1 Å². The molecule has 0 bridgehead atoms. The zero-order valence-corrected chi connectivity index (χ0v) is 23.5. The number of hydrogen-bond donors (Lipinski definition) is 1. The monoisotopic (exact) mass is 575 g/mol. The van der Waals surface area contributed by atoms with Crippen LogP contribution < -0.4 is 9.62 Å². The van der Waals surface area contributed by atoms with Gasteiger partial charge in [-0.25, -0.2) is 21.6 Å². The molecule has 0 spiro atoms. The number of sulfonamides is 1. The number of anilines is 1. The molecule has 40 heavy (non-hydrogen) atoms. The zero-order valence-electron chi connectivity index (χ0n) is 22.7. The number of rotatable bonds is 10. The number of nitrogens with zero attached hydrogens (tertiary/aromatic N) is 2. The fourth-order valence-electron chi connectivity index (χ4n) is 4.07. The molecule has 1 N–H and O–H groups in total. The predicted octanol–water partition coefficient (Wildman–Crippen LogP) is 4.42. The molecule has 0 saturated carbocycles. The van der Waals surface area contributed by atoms with Gasteiger partial charge in [-0.3, -0.25) is 13.9 Å². The van der Waals surface area contributed by atoms with E-state index in [-0.39, 0.29) is 24.2 Å². The molecule has 0 aliphatic rings. The molecule has 0 heterocycles. The van der Waals surface area contributed by atoms with Crippen LogP contribution in [0.5, 0.6) is 0 Å². The van der Waals surface area contributed by atoms with Crippen LogP contribution in [0, 0.1) is 17.5 Å². The molecule has 0 radical (unpaired) electrons. The molecule has 7 nitrogen and oxygen atoms in total. The van der Waals surface area contributed by atoms with E-state index < -0.39 is 57.4 Å². The molecule has 3 aromatic carbocycles. The number of nitrogens with one attached hydrogen (secondary N) is 1. The van der Waals surface area contributed by atoms with E-state index >= 15 is 0 Å². The fourth-order valence-corrected chi connectivity index (χ4v) is 4.91. The minimum atomic E-state index is -4.17. The van der Waals surface area contributed by atoms with Crippen LogP contribution in [0.4, 0.5) is 18.9 Å². The highest BCUT2D eigenvalue weighted by Gasteiger charge is 2.34. The van der Waals surface area contributed by atoms with Crippen molar-refractivity contribution >= 4 is 27.5 Å². The van der Waals surface area contributed by atoms with Gasteiger partial charge in [0.05, 0.1) is 11.9 Å². The molecular formula is C29H32F3N3O4S. The van der Waals surface area contributed by atoms with Gasteiger partial charge in [0.25, 0.3) is 0 Å². The number of amides is 2. The van der Waals surface area contributed by atoms with Crippen molar-refractivity contribution in [2.45, 2.75) is 45.3 Å². The average molecular weight is 576 g/mol. The van der Waals surface area contributed by atoms with Crippen molar-refractivity contribution in [1.82, 2.24) is 10.2 Å². The molecule has 11 heteroatoms. The van der Waals surface area contributed by atoms with Gasteiger partial charge in [-0.05, 0) is 44.5 Å². The normalized spacial score (nSPS) is 12.5. The Morgan fingerprint density at radius 1 is 0.875 bits per heavy atom. The molecule has 3 rings (SSSR count). The topological polar surface area (TPSA) is 86.8 Å². The van der Waals surface area contributed by atoms with E-state index in [9.17, 15) is 31.2 Å². The summed E-state index contributed by atoms with van der Waals surface area (Å²) in [5.41, 5.74) is -0.137. The minimum Gasteiger partial charge on any atom is -0.350 e. The van der Waals surface area contributed by atoms with E-state index in [1.807, 2.05) is 0 Å². The predicted molar refractivity (Wildman–Crippen MR) is 147 cm³/mol. The average Bonchev–Trinajstić information content (AvgIpc) is 2.86.